The first-order valence-electron chi connectivity index (χ1n) is 9.53. The van der Waals surface area contributed by atoms with E-state index in [1.54, 1.807) is 48.5 Å². The van der Waals surface area contributed by atoms with E-state index in [1.807, 2.05) is 6.07 Å². The second kappa shape index (κ2) is 9.52. The second-order valence-corrected chi connectivity index (χ2v) is 6.84. The summed E-state index contributed by atoms with van der Waals surface area (Å²) in [5, 5.41) is 14.6. The lowest BCUT2D eigenvalue weighted by Gasteiger charge is -2.13. The minimum absolute atomic E-state index is 0.183. The first kappa shape index (κ1) is 19.4. The van der Waals surface area contributed by atoms with E-state index >= 15 is 0 Å². The third kappa shape index (κ3) is 5.31. The molecule has 2 aromatic carbocycles. The van der Waals surface area contributed by atoms with Crippen LogP contribution in [0.2, 0.25) is 0 Å². The number of nitrogens with one attached hydrogen (secondary N) is 2. The maximum absolute atomic E-state index is 12.5. The van der Waals surface area contributed by atoms with Gasteiger partial charge in [-0.3, -0.25) is 9.59 Å². The van der Waals surface area contributed by atoms with Gasteiger partial charge in [-0.2, -0.15) is 5.26 Å². The lowest BCUT2D eigenvalue weighted by atomic mass is 9.97. The standard InChI is InChI=1S/C23H23N3O2/c24-16-18-8-4-11-21(14-18)26-23(28)20-10-5-9-19(15-20)22(27)25-13-12-17-6-2-1-3-7-17/h4-6,8-11,14-15H,1-3,7,12-13H2,(H,25,27)(H,26,28). The molecule has 0 aromatic heterocycles. The molecular weight excluding hydrogens is 350 g/mol. The average Bonchev–Trinajstić information content (AvgIpc) is 2.74. The van der Waals surface area contributed by atoms with Crippen molar-refractivity contribution < 1.29 is 9.59 Å². The molecule has 142 valence electrons. The van der Waals surface area contributed by atoms with E-state index in [0.717, 1.165) is 19.3 Å². The van der Waals surface area contributed by atoms with Crippen LogP contribution in [0.1, 0.15) is 58.4 Å². The Morgan fingerprint density at radius 1 is 1.00 bits per heavy atom. The molecule has 1 aliphatic carbocycles. The smallest absolute Gasteiger partial charge is 0.255 e. The number of amides is 2. The van der Waals surface area contributed by atoms with Gasteiger partial charge in [0.2, 0.25) is 0 Å². The van der Waals surface area contributed by atoms with Crippen LogP contribution in [0.5, 0.6) is 0 Å². The predicted molar refractivity (Wildman–Crippen MR) is 109 cm³/mol. The zero-order valence-electron chi connectivity index (χ0n) is 15.7. The number of carbonyl (C=O) groups excluding carboxylic acids is 2. The van der Waals surface area contributed by atoms with Crippen molar-refractivity contribution in [2.75, 3.05) is 11.9 Å². The molecule has 0 saturated heterocycles. The molecule has 2 aromatic rings. The maximum atomic E-state index is 12.5. The summed E-state index contributed by atoms with van der Waals surface area (Å²) in [7, 11) is 0. The second-order valence-electron chi connectivity index (χ2n) is 6.84. The van der Waals surface area contributed by atoms with E-state index < -0.39 is 0 Å². The van der Waals surface area contributed by atoms with Crippen LogP contribution >= 0.6 is 0 Å². The average molecular weight is 373 g/mol. The number of nitriles is 1. The fourth-order valence-electron chi connectivity index (χ4n) is 3.24. The van der Waals surface area contributed by atoms with Crippen LogP contribution in [0.3, 0.4) is 0 Å². The van der Waals surface area contributed by atoms with Gasteiger partial charge >= 0.3 is 0 Å². The van der Waals surface area contributed by atoms with Gasteiger partial charge in [-0.1, -0.05) is 23.8 Å². The van der Waals surface area contributed by atoms with Gasteiger partial charge in [-0.15, -0.1) is 0 Å². The number of hydrogen-bond acceptors (Lipinski definition) is 3. The molecule has 2 amide bonds. The molecule has 0 atom stereocenters. The van der Waals surface area contributed by atoms with Gasteiger partial charge < -0.3 is 10.6 Å². The van der Waals surface area contributed by atoms with Gasteiger partial charge in [0.15, 0.2) is 0 Å². The van der Waals surface area contributed by atoms with Crippen molar-refractivity contribution in [3.8, 4) is 6.07 Å². The summed E-state index contributed by atoms with van der Waals surface area (Å²) in [5.74, 6) is -0.505. The van der Waals surface area contributed by atoms with Gasteiger partial charge in [0, 0.05) is 23.4 Å². The van der Waals surface area contributed by atoms with Crippen LogP contribution in [0.4, 0.5) is 5.69 Å². The minimum Gasteiger partial charge on any atom is -0.352 e. The van der Waals surface area contributed by atoms with Crippen LogP contribution in [-0.2, 0) is 0 Å². The Labute approximate surface area is 165 Å². The van der Waals surface area contributed by atoms with E-state index in [-0.39, 0.29) is 11.8 Å². The third-order valence-corrected chi connectivity index (χ3v) is 4.75. The third-order valence-electron chi connectivity index (χ3n) is 4.75. The first-order valence-corrected chi connectivity index (χ1v) is 9.53. The Bertz CT molecular complexity index is 941. The summed E-state index contributed by atoms with van der Waals surface area (Å²) < 4.78 is 0. The molecule has 0 aliphatic heterocycles. The van der Waals surface area contributed by atoms with Crippen molar-refractivity contribution in [2.24, 2.45) is 0 Å². The lowest BCUT2D eigenvalue weighted by molar-refractivity contribution is 0.0954. The molecule has 0 spiro atoms. The fraction of sp³-hybridized carbons (Fsp3) is 0.261. The molecule has 1 aliphatic rings. The topological polar surface area (TPSA) is 82.0 Å². The Morgan fingerprint density at radius 2 is 1.79 bits per heavy atom. The lowest BCUT2D eigenvalue weighted by Crippen LogP contribution is -2.25. The van der Waals surface area contributed by atoms with Crippen LogP contribution < -0.4 is 10.6 Å². The van der Waals surface area contributed by atoms with Crippen molar-refractivity contribution in [1.29, 1.82) is 5.26 Å². The number of anilines is 1. The number of carbonyl (C=O) groups is 2. The van der Waals surface area contributed by atoms with E-state index in [2.05, 4.69) is 16.7 Å². The molecule has 5 heteroatoms. The van der Waals surface area contributed by atoms with Crippen molar-refractivity contribution in [1.82, 2.24) is 5.32 Å². The molecule has 0 heterocycles. The van der Waals surface area contributed by atoms with Crippen molar-refractivity contribution in [2.45, 2.75) is 32.1 Å². The van der Waals surface area contributed by atoms with Gasteiger partial charge in [-0.25, -0.2) is 0 Å². The van der Waals surface area contributed by atoms with Crippen molar-refractivity contribution in [3.05, 3.63) is 76.9 Å². The highest BCUT2D eigenvalue weighted by molar-refractivity contribution is 6.06. The molecule has 0 bridgehead atoms. The van der Waals surface area contributed by atoms with E-state index in [9.17, 15) is 9.59 Å². The van der Waals surface area contributed by atoms with Crippen LogP contribution in [0, 0.1) is 11.3 Å². The largest absolute Gasteiger partial charge is 0.352 e. The molecule has 0 unspecified atom stereocenters. The number of allylic oxidation sites excluding steroid dienone is 1. The zero-order chi connectivity index (χ0) is 19.8. The normalized spacial score (nSPS) is 13.2. The predicted octanol–water partition coefficient (Wildman–Crippen LogP) is 4.43. The van der Waals surface area contributed by atoms with E-state index in [1.165, 1.54) is 18.4 Å². The monoisotopic (exact) mass is 373 g/mol. The van der Waals surface area contributed by atoms with Gasteiger partial charge in [0.05, 0.1) is 11.6 Å². The minimum atomic E-state index is -0.322. The number of nitrogens with zero attached hydrogens (tertiary/aromatic N) is 1. The molecular formula is C23H23N3O2. The summed E-state index contributed by atoms with van der Waals surface area (Å²) in [6.45, 7) is 0.599. The number of hydrogen-bond donors (Lipinski definition) is 2. The van der Waals surface area contributed by atoms with Crippen molar-refractivity contribution in [3.63, 3.8) is 0 Å². The summed E-state index contributed by atoms with van der Waals surface area (Å²) in [5.41, 5.74) is 3.28. The summed E-state index contributed by atoms with van der Waals surface area (Å²) >= 11 is 0. The highest BCUT2D eigenvalue weighted by Crippen LogP contribution is 2.19. The fourth-order valence-corrected chi connectivity index (χ4v) is 3.24. The highest BCUT2D eigenvalue weighted by Gasteiger charge is 2.11. The van der Waals surface area contributed by atoms with Crippen LogP contribution in [0.15, 0.2) is 60.2 Å². The van der Waals surface area contributed by atoms with Gasteiger partial charge in [-0.05, 0) is 68.5 Å². The summed E-state index contributed by atoms with van der Waals surface area (Å²) in [6.07, 6.45) is 7.90. The van der Waals surface area contributed by atoms with E-state index in [0.29, 0.717) is 28.9 Å². The molecule has 2 N–H and O–H groups in total. The van der Waals surface area contributed by atoms with Crippen molar-refractivity contribution >= 4 is 17.5 Å². The quantitative estimate of drug-likeness (QED) is 0.735. The number of rotatable bonds is 6. The molecule has 5 nitrogen and oxygen atoms in total. The van der Waals surface area contributed by atoms with E-state index in [4.69, 9.17) is 5.26 Å². The molecule has 28 heavy (non-hydrogen) atoms. The maximum Gasteiger partial charge on any atom is 0.255 e. The zero-order valence-corrected chi connectivity index (χ0v) is 15.7. The SMILES string of the molecule is N#Cc1cccc(NC(=O)c2cccc(C(=O)NCCC3=CCCCC3)c2)c1. The Hall–Kier alpha value is -3.39. The number of benzene rings is 2. The molecule has 0 fully saturated rings. The van der Waals surface area contributed by atoms with Gasteiger partial charge in [0.25, 0.3) is 11.8 Å². The molecule has 0 saturated carbocycles. The molecule has 0 radical (unpaired) electrons. The summed E-state index contributed by atoms with van der Waals surface area (Å²) in [4.78, 5) is 24.9. The summed E-state index contributed by atoms with van der Waals surface area (Å²) in [6, 6.07) is 15.4. The Morgan fingerprint density at radius 3 is 2.54 bits per heavy atom. The first-order chi connectivity index (χ1) is 13.7. The highest BCUT2D eigenvalue weighted by atomic mass is 16.2. The van der Waals surface area contributed by atoms with Crippen LogP contribution in [0.25, 0.3) is 0 Å². The van der Waals surface area contributed by atoms with Crippen LogP contribution in [-0.4, -0.2) is 18.4 Å². The van der Waals surface area contributed by atoms with Gasteiger partial charge in [0.1, 0.15) is 0 Å². The molecule has 3 rings (SSSR count). The Kier molecular flexibility index (Phi) is 6.59. The Balaban J connectivity index is 1.59.